The largest absolute Gasteiger partial charge is 0.348 e. The lowest BCUT2D eigenvalue weighted by Crippen LogP contribution is -2.47. The third-order valence-electron chi connectivity index (χ3n) is 4.40. The van der Waals surface area contributed by atoms with Crippen LogP contribution in [0.2, 0.25) is 0 Å². The average molecular weight is 302 g/mol. The minimum absolute atomic E-state index is 0.149. The normalized spacial score (nSPS) is 21.1. The van der Waals surface area contributed by atoms with E-state index < -0.39 is 11.8 Å². The summed E-state index contributed by atoms with van der Waals surface area (Å²) in [4.78, 5) is 23.7. The molecule has 4 nitrogen and oxygen atoms in total. The van der Waals surface area contributed by atoms with Gasteiger partial charge in [-0.2, -0.15) is 0 Å². The highest BCUT2D eigenvalue weighted by Crippen LogP contribution is 2.23. The molecule has 2 amide bonds. The number of rotatable bonds is 5. The van der Waals surface area contributed by atoms with Crippen molar-refractivity contribution in [2.24, 2.45) is 5.92 Å². The molecule has 22 heavy (non-hydrogen) atoms. The molecule has 0 heterocycles. The predicted molar refractivity (Wildman–Crippen MR) is 87.3 cm³/mol. The molecule has 4 heteroatoms. The van der Waals surface area contributed by atoms with Crippen LogP contribution < -0.4 is 10.6 Å². The molecule has 0 spiro atoms. The van der Waals surface area contributed by atoms with Crippen LogP contribution in [0, 0.1) is 5.92 Å². The van der Waals surface area contributed by atoms with Gasteiger partial charge in [0.2, 0.25) is 0 Å². The van der Waals surface area contributed by atoms with E-state index in [9.17, 15) is 9.59 Å². The summed E-state index contributed by atoms with van der Waals surface area (Å²) in [6, 6.07) is 10.3. The van der Waals surface area contributed by atoms with Gasteiger partial charge in [-0.15, -0.1) is 0 Å². The summed E-state index contributed by atoms with van der Waals surface area (Å²) in [6.45, 7) is 2.67. The monoisotopic (exact) mass is 302 g/mol. The van der Waals surface area contributed by atoms with Crippen molar-refractivity contribution in [3.05, 3.63) is 35.9 Å². The highest BCUT2D eigenvalue weighted by Gasteiger charge is 2.25. The van der Waals surface area contributed by atoms with Gasteiger partial charge in [-0.1, -0.05) is 50.1 Å². The van der Waals surface area contributed by atoms with Crippen LogP contribution in [0.25, 0.3) is 0 Å². The number of nitrogens with one attached hydrogen (secondary N) is 2. The number of aryl methyl sites for hydroxylation is 1. The van der Waals surface area contributed by atoms with Crippen LogP contribution in [0.15, 0.2) is 30.3 Å². The van der Waals surface area contributed by atoms with E-state index in [2.05, 4.69) is 29.7 Å². The zero-order chi connectivity index (χ0) is 15.8. The highest BCUT2D eigenvalue weighted by atomic mass is 16.2. The summed E-state index contributed by atoms with van der Waals surface area (Å²) in [6.07, 6.45) is 6.20. The molecule has 2 N–H and O–H groups in total. The van der Waals surface area contributed by atoms with E-state index in [1.165, 1.54) is 12.0 Å². The molecule has 0 radical (unpaired) electrons. The fourth-order valence-corrected chi connectivity index (χ4v) is 2.98. The van der Waals surface area contributed by atoms with E-state index in [0.29, 0.717) is 12.5 Å². The Hall–Kier alpha value is -1.84. The van der Waals surface area contributed by atoms with Gasteiger partial charge in [-0.25, -0.2) is 0 Å². The van der Waals surface area contributed by atoms with Crippen molar-refractivity contribution in [3.63, 3.8) is 0 Å². The molecule has 2 rings (SSSR count). The fraction of sp³-hybridized carbons (Fsp3) is 0.556. The molecular weight excluding hydrogens is 276 g/mol. The van der Waals surface area contributed by atoms with Crippen molar-refractivity contribution in [3.8, 4) is 0 Å². The molecule has 0 saturated heterocycles. The number of carbonyl (C=O) groups is 2. The molecule has 120 valence electrons. The second kappa shape index (κ2) is 8.57. The summed E-state index contributed by atoms with van der Waals surface area (Å²) < 4.78 is 0. The van der Waals surface area contributed by atoms with E-state index in [-0.39, 0.29) is 6.04 Å². The Kier molecular flexibility index (Phi) is 6.44. The minimum Gasteiger partial charge on any atom is -0.348 e. The maximum Gasteiger partial charge on any atom is 0.309 e. The van der Waals surface area contributed by atoms with Gasteiger partial charge in [0.25, 0.3) is 0 Å². The first kappa shape index (κ1) is 16.5. The third-order valence-corrected chi connectivity index (χ3v) is 4.40. The zero-order valence-electron chi connectivity index (χ0n) is 13.3. The smallest absolute Gasteiger partial charge is 0.309 e. The fourth-order valence-electron chi connectivity index (χ4n) is 2.98. The topological polar surface area (TPSA) is 58.2 Å². The number of hydrogen-bond acceptors (Lipinski definition) is 2. The quantitative estimate of drug-likeness (QED) is 0.648. The van der Waals surface area contributed by atoms with Gasteiger partial charge in [0, 0.05) is 12.6 Å². The molecule has 1 aliphatic carbocycles. The molecule has 1 aliphatic rings. The van der Waals surface area contributed by atoms with Crippen LogP contribution in [0.3, 0.4) is 0 Å². The van der Waals surface area contributed by atoms with Gasteiger partial charge in [-0.3, -0.25) is 9.59 Å². The lowest BCUT2D eigenvalue weighted by atomic mass is 9.86. The minimum atomic E-state index is -0.508. The van der Waals surface area contributed by atoms with Crippen LogP contribution in [-0.2, 0) is 16.0 Å². The van der Waals surface area contributed by atoms with Crippen molar-refractivity contribution in [2.45, 2.75) is 51.5 Å². The first-order valence-electron chi connectivity index (χ1n) is 8.29. The molecular formula is C18H26N2O2. The summed E-state index contributed by atoms with van der Waals surface area (Å²) in [5, 5.41) is 5.58. The Morgan fingerprint density at radius 2 is 1.82 bits per heavy atom. The van der Waals surface area contributed by atoms with Crippen molar-refractivity contribution in [1.82, 2.24) is 10.6 Å². The van der Waals surface area contributed by atoms with Gasteiger partial charge in [-0.05, 0) is 37.2 Å². The third kappa shape index (κ3) is 5.17. The predicted octanol–water partition coefficient (Wildman–Crippen LogP) is 2.43. The van der Waals surface area contributed by atoms with Crippen LogP contribution in [0.1, 0.15) is 44.6 Å². The summed E-state index contributed by atoms with van der Waals surface area (Å²) in [5.41, 5.74) is 1.25. The van der Waals surface area contributed by atoms with Crippen molar-refractivity contribution < 1.29 is 9.59 Å². The number of benzene rings is 1. The maximum atomic E-state index is 11.9. The van der Waals surface area contributed by atoms with Gasteiger partial charge >= 0.3 is 11.8 Å². The van der Waals surface area contributed by atoms with Crippen LogP contribution in [0.4, 0.5) is 0 Å². The molecule has 0 aromatic heterocycles. The van der Waals surface area contributed by atoms with E-state index in [0.717, 1.165) is 32.1 Å². The van der Waals surface area contributed by atoms with Gasteiger partial charge < -0.3 is 10.6 Å². The van der Waals surface area contributed by atoms with E-state index in [1.807, 2.05) is 18.2 Å². The second-order valence-corrected chi connectivity index (χ2v) is 6.19. The van der Waals surface area contributed by atoms with Gasteiger partial charge in [0.1, 0.15) is 0 Å². The first-order valence-corrected chi connectivity index (χ1v) is 8.29. The molecule has 0 aliphatic heterocycles. The lowest BCUT2D eigenvalue weighted by Gasteiger charge is -2.29. The average Bonchev–Trinajstić information content (AvgIpc) is 2.54. The standard InChI is InChI=1S/C18H26N2O2/c1-14-8-5-6-12-16(14)20-18(22)17(21)19-13-7-11-15-9-3-2-4-10-15/h2-4,9-10,14,16H,5-8,11-13H2,1H3,(H,19,21)(H,20,22)/t14-,16+/m0/s1. The summed E-state index contributed by atoms with van der Waals surface area (Å²) in [5.74, 6) is -0.534. The number of hydrogen-bond donors (Lipinski definition) is 2. The summed E-state index contributed by atoms with van der Waals surface area (Å²) >= 11 is 0. The Labute approximate surface area is 132 Å². The zero-order valence-corrected chi connectivity index (χ0v) is 13.3. The Morgan fingerprint density at radius 1 is 1.09 bits per heavy atom. The Balaban J connectivity index is 1.65. The van der Waals surface area contributed by atoms with Crippen molar-refractivity contribution in [2.75, 3.05) is 6.54 Å². The van der Waals surface area contributed by atoms with Crippen molar-refractivity contribution >= 4 is 11.8 Å². The SMILES string of the molecule is C[C@H]1CCCC[C@H]1NC(=O)C(=O)NCCCc1ccccc1. The van der Waals surface area contributed by atoms with E-state index >= 15 is 0 Å². The lowest BCUT2D eigenvalue weighted by molar-refractivity contribution is -0.139. The number of carbonyl (C=O) groups excluding carboxylic acids is 2. The molecule has 0 bridgehead atoms. The maximum absolute atomic E-state index is 11.9. The molecule has 0 unspecified atom stereocenters. The molecule has 1 fully saturated rings. The van der Waals surface area contributed by atoms with Crippen molar-refractivity contribution in [1.29, 1.82) is 0 Å². The van der Waals surface area contributed by atoms with Gasteiger partial charge in [0.15, 0.2) is 0 Å². The van der Waals surface area contributed by atoms with E-state index in [4.69, 9.17) is 0 Å². The molecule has 1 saturated carbocycles. The highest BCUT2D eigenvalue weighted by molar-refractivity contribution is 6.35. The van der Waals surface area contributed by atoms with Crippen LogP contribution in [0.5, 0.6) is 0 Å². The summed E-state index contributed by atoms with van der Waals surface area (Å²) in [7, 11) is 0. The molecule has 1 aromatic carbocycles. The van der Waals surface area contributed by atoms with Crippen LogP contribution >= 0.6 is 0 Å². The van der Waals surface area contributed by atoms with Crippen LogP contribution in [-0.4, -0.2) is 24.4 Å². The first-order chi connectivity index (χ1) is 10.7. The Bertz CT molecular complexity index is 487. The molecule has 2 atom stereocenters. The molecule has 1 aromatic rings. The second-order valence-electron chi connectivity index (χ2n) is 6.19. The van der Waals surface area contributed by atoms with E-state index in [1.54, 1.807) is 0 Å². The number of amides is 2. The Morgan fingerprint density at radius 3 is 2.55 bits per heavy atom. The van der Waals surface area contributed by atoms with Gasteiger partial charge in [0.05, 0.1) is 0 Å².